The lowest BCUT2D eigenvalue weighted by Crippen LogP contribution is -2.49. The quantitative estimate of drug-likeness (QED) is 0.479. The van der Waals surface area contributed by atoms with Crippen LogP contribution in [0.2, 0.25) is 0 Å². The van der Waals surface area contributed by atoms with Crippen molar-refractivity contribution < 1.29 is 5.11 Å². The van der Waals surface area contributed by atoms with Crippen LogP contribution in [0, 0.1) is 7.05 Å². The predicted molar refractivity (Wildman–Crippen MR) is 35.8 cm³/mol. The number of aliphatic hydroxyl groups excluding tert-OH is 1. The van der Waals surface area contributed by atoms with Gasteiger partial charge in [-0.25, -0.2) is 0 Å². The van der Waals surface area contributed by atoms with Gasteiger partial charge in [-0.3, -0.25) is 4.90 Å². The highest BCUT2D eigenvalue weighted by molar-refractivity contribution is 4.76. The fraction of sp³-hybridized carbons (Fsp3) is 0.833. The zero-order chi connectivity index (χ0) is 6.69. The van der Waals surface area contributed by atoms with Crippen LogP contribution in [-0.4, -0.2) is 42.3 Å². The Balaban J connectivity index is 2.23. The van der Waals surface area contributed by atoms with E-state index in [-0.39, 0.29) is 12.6 Å². The van der Waals surface area contributed by atoms with Gasteiger partial charge in [-0.05, 0) is 0 Å². The topological polar surface area (TPSA) is 35.5 Å². The van der Waals surface area contributed by atoms with Crippen molar-refractivity contribution in [2.24, 2.45) is 0 Å². The lowest BCUT2D eigenvalue weighted by Gasteiger charge is -2.29. The zero-order valence-corrected chi connectivity index (χ0v) is 5.51. The molecule has 1 fully saturated rings. The van der Waals surface area contributed by atoms with Gasteiger partial charge in [0, 0.05) is 32.7 Å². The molecular formula is C6H13N2O. The first-order valence-corrected chi connectivity index (χ1v) is 3.22. The molecule has 3 nitrogen and oxygen atoms in total. The summed E-state index contributed by atoms with van der Waals surface area (Å²) in [5.74, 6) is 0. The van der Waals surface area contributed by atoms with Crippen LogP contribution >= 0.6 is 0 Å². The molecule has 9 heavy (non-hydrogen) atoms. The Kier molecular flexibility index (Phi) is 2.45. The average Bonchev–Trinajstić information content (AvgIpc) is 1.88. The predicted octanol–water partition coefficient (Wildman–Crippen LogP) is -0.956. The molecule has 0 aromatic carbocycles. The number of nitrogens with one attached hydrogen (secondary N) is 1. The lowest BCUT2D eigenvalue weighted by atomic mass is 10.2. The average molecular weight is 129 g/mol. The SMILES string of the molecule is [CH2]N1CCNC(CO)C1. The molecule has 0 amide bonds. The van der Waals surface area contributed by atoms with Crippen LogP contribution in [0.15, 0.2) is 0 Å². The number of nitrogens with zero attached hydrogens (tertiary/aromatic N) is 1. The molecule has 1 atom stereocenters. The third kappa shape index (κ3) is 1.93. The number of rotatable bonds is 1. The van der Waals surface area contributed by atoms with Gasteiger partial charge in [-0.15, -0.1) is 0 Å². The van der Waals surface area contributed by atoms with Crippen LogP contribution in [0.1, 0.15) is 0 Å². The molecule has 1 aliphatic heterocycles. The molecule has 0 saturated carbocycles. The van der Waals surface area contributed by atoms with Crippen LogP contribution in [0.4, 0.5) is 0 Å². The van der Waals surface area contributed by atoms with Crippen LogP contribution < -0.4 is 5.32 Å². The molecule has 1 heterocycles. The third-order valence-corrected chi connectivity index (χ3v) is 1.56. The van der Waals surface area contributed by atoms with Crippen LogP contribution in [0.5, 0.6) is 0 Å². The molecule has 2 N–H and O–H groups in total. The van der Waals surface area contributed by atoms with Crippen LogP contribution in [-0.2, 0) is 0 Å². The maximum atomic E-state index is 8.69. The second-order valence-corrected chi connectivity index (χ2v) is 2.41. The van der Waals surface area contributed by atoms with Crippen molar-refractivity contribution in [2.75, 3.05) is 26.2 Å². The Labute approximate surface area is 55.7 Å². The van der Waals surface area contributed by atoms with Gasteiger partial charge in [0.2, 0.25) is 0 Å². The summed E-state index contributed by atoms with van der Waals surface area (Å²) in [7, 11) is 3.78. The normalized spacial score (nSPS) is 30.7. The molecule has 0 aromatic rings. The number of hydrogen-bond donors (Lipinski definition) is 2. The smallest absolute Gasteiger partial charge is 0.0597 e. The number of hydrogen-bond acceptors (Lipinski definition) is 3. The molecular weight excluding hydrogens is 116 g/mol. The van der Waals surface area contributed by atoms with Crippen LogP contribution in [0.25, 0.3) is 0 Å². The van der Waals surface area contributed by atoms with Gasteiger partial charge in [0.15, 0.2) is 0 Å². The fourth-order valence-electron chi connectivity index (χ4n) is 1.02. The largest absolute Gasteiger partial charge is 0.395 e. The van der Waals surface area contributed by atoms with E-state index >= 15 is 0 Å². The van der Waals surface area contributed by atoms with Crippen molar-refractivity contribution in [3.8, 4) is 0 Å². The van der Waals surface area contributed by atoms with Gasteiger partial charge in [0.25, 0.3) is 0 Å². The highest BCUT2D eigenvalue weighted by atomic mass is 16.3. The first-order chi connectivity index (χ1) is 4.33. The molecule has 1 saturated heterocycles. The van der Waals surface area contributed by atoms with Gasteiger partial charge in [-0.1, -0.05) is 0 Å². The summed E-state index contributed by atoms with van der Waals surface area (Å²) in [5.41, 5.74) is 0. The second kappa shape index (κ2) is 3.15. The highest BCUT2D eigenvalue weighted by Crippen LogP contribution is 1.94. The van der Waals surface area contributed by atoms with E-state index in [2.05, 4.69) is 12.4 Å². The Morgan fingerprint density at radius 3 is 3.00 bits per heavy atom. The van der Waals surface area contributed by atoms with Crippen molar-refractivity contribution >= 4 is 0 Å². The molecule has 0 aromatic heterocycles. The van der Waals surface area contributed by atoms with E-state index in [1.165, 1.54) is 0 Å². The Morgan fingerprint density at radius 1 is 1.78 bits per heavy atom. The molecule has 53 valence electrons. The molecule has 1 aliphatic rings. The van der Waals surface area contributed by atoms with Gasteiger partial charge in [-0.2, -0.15) is 0 Å². The summed E-state index contributed by atoms with van der Waals surface area (Å²) in [4.78, 5) is 1.97. The maximum absolute atomic E-state index is 8.69. The summed E-state index contributed by atoms with van der Waals surface area (Å²) in [6.07, 6.45) is 0. The molecule has 1 unspecified atom stereocenters. The van der Waals surface area contributed by atoms with E-state index in [0.717, 1.165) is 19.6 Å². The van der Waals surface area contributed by atoms with Gasteiger partial charge in [0.05, 0.1) is 6.61 Å². The fourth-order valence-corrected chi connectivity index (χ4v) is 1.02. The monoisotopic (exact) mass is 129 g/mol. The Hall–Kier alpha value is -0.120. The van der Waals surface area contributed by atoms with Crippen molar-refractivity contribution in [1.29, 1.82) is 0 Å². The summed E-state index contributed by atoms with van der Waals surface area (Å²) in [6.45, 7) is 2.99. The van der Waals surface area contributed by atoms with Crippen molar-refractivity contribution in [2.45, 2.75) is 6.04 Å². The van der Waals surface area contributed by atoms with Gasteiger partial charge >= 0.3 is 0 Å². The first kappa shape index (κ1) is 6.99. The van der Waals surface area contributed by atoms with Crippen molar-refractivity contribution in [3.05, 3.63) is 7.05 Å². The lowest BCUT2D eigenvalue weighted by molar-refractivity contribution is 0.179. The van der Waals surface area contributed by atoms with Crippen molar-refractivity contribution in [3.63, 3.8) is 0 Å². The van der Waals surface area contributed by atoms with E-state index in [1.54, 1.807) is 0 Å². The zero-order valence-electron chi connectivity index (χ0n) is 5.51. The maximum Gasteiger partial charge on any atom is 0.0597 e. The third-order valence-electron chi connectivity index (χ3n) is 1.56. The summed E-state index contributed by atoms with van der Waals surface area (Å²) in [6, 6.07) is 0.233. The number of aliphatic hydroxyl groups is 1. The molecule has 0 aliphatic carbocycles. The Bertz CT molecular complexity index is 87.1. The van der Waals surface area contributed by atoms with E-state index in [9.17, 15) is 0 Å². The van der Waals surface area contributed by atoms with E-state index < -0.39 is 0 Å². The molecule has 1 radical (unpaired) electrons. The summed E-state index contributed by atoms with van der Waals surface area (Å²) < 4.78 is 0. The highest BCUT2D eigenvalue weighted by Gasteiger charge is 2.14. The van der Waals surface area contributed by atoms with Crippen LogP contribution in [0.3, 0.4) is 0 Å². The minimum absolute atomic E-state index is 0.214. The van der Waals surface area contributed by atoms with Gasteiger partial charge in [0.1, 0.15) is 0 Å². The minimum Gasteiger partial charge on any atom is -0.395 e. The van der Waals surface area contributed by atoms with Crippen molar-refractivity contribution in [1.82, 2.24) is 10.2 Å². The minimum atomic E-state index is 0.214. The molecule has 0 spiro atoms. The first-order valence-electron chi connectivity index (χ1n) is 3.22. The van der Waals surface area contributed by atoms with E-state index in [0.29, 0.717) is 0 Å². The summed E-state index contributed by atoms with van der Waals surface area (Å²) >= 11 is 0. The Morgan fingerprint density at radius 2 is 2.56 bits per heavy atom. The van der Waals surface area contributed by atoms with E-state index in [1.807, 2.05) is 4.90 Å². The molecule has 3 heteroatoms. The molecule has 0 bridgehead atoms. The standard InChI is InChI=1S/C6H13N2O/c1-8-3-2-7-6(4-8)5-9/h6-7,9H,1-5H2. The van der Waals surface area contributed by atoms with Gasteiger partial charge < -0.3 is 10.4 Å². The summed E-state index contributed by atoms with van der Waals surface area (Å²) in [5, 5.41) is 11.9. The van der Waals surface area contributed by atoms with E-state index in [4.69, 9.17) is 5.11 Å². The number of piperazine rings is 1. The molecule has 1 rings (SSSR count). The second-order valence-electron chi connectivity index (χ2n) is 2.41.